The number of phenols is 1. The standard InChI is InChI=1S/C11H15FN2O2/c1-13-5-6-14(2)11(16)9-7-8(12)3-4-10(9)15/h3-4,7,13,15H,5-6H2,1-2H3. The topological polar surface area (TPSA) is 52.6 Å². The number of likely N-dealkylation sites (N-methyl/N-ethyl adjacent to an activating group) is 2. The molecule has 1 amide bonds. The first-order valence-electron chi connectivity index (χ1n) is 4.95. The summed E-state index contributed by atoms with van der Waals surface area (Å²) in [6, 6.07) is 3.32. The summed E-state index contributed by atoms with van der Waals surface area (Å²) in [6.45, 7) is 1.13. The third-order valence-electron chi connectivity index (χ3n) is 2.23. The number of aromatic hydroxyl groups is 1. The maximum Gasteiger partial charge on any atom is 0.257 e. The fraction of sp³-hybridized carbons (Fsp3) is 0.364. The molecule has 1 aromatic carbocycles. The molecule has 0 aliphatic carbocycles. The van der Waals surface area contributed by atoms with Crippen LogP contribution in [0.15, 0.2) is 18.2 Å². The highest BCUT2D eigenvalue weighted by atomic mass is 19.1. The molecule has 16 heavy (non-hydrogen) atoms. The van der Waals surface area contributed by atoms with E-state index in [0.717, 1.165) is 12.1 Å². The molecule has 0 heterocycles. The molecule has 0 aromatic heterocycles. The Morgan fingerprint density at radius 3 is 2.88 bits per heavy atom. The van der Waals surface area contributed by atoms with Crippen LogP contribution in [0.3, 0.4) is 0 Å². The van der Waals surface area contributed by atoms with E-state index < -0.39 is 11.7 Å². The Kier molecular flexibility index (Phi) is 4.25. The Morgan fingerprint density at radius 1 is 1.56 bits per heavy atom. The first-order chi connectivity index (χ1) is 7.56. The maximum atomic E-state index is 12.9. The van der Waals surface area contributed by atoms with Crippen LogP contribution in [0.2, 0.25) is 0 Å². The Hall–Kier alpha value is -1.62. The molecule has 0 unspecified atom stereocenters. The van der Waals surface area contributed by atoms with E-state index in [1.165, 1.54) is 11.0 Å². The van der Waals surface area contributed by atoms with Gasteiger partial charge in [0.2, 0.25) is 0 Å². The summed E-state index contributed by atoms with van der Waals surface area (Å²) in [5.74, 6) is -1.14. The first kappa shape index (κ1) is 12.4. The molecule has 0 atom stereocenters. The van der Waals surface area contributed by atoms with Crippen molar-refractivity contribution in [3.8, 4) is 5.75 Å². The Morgan fingerprint density at radius 2 is 2.25 bits per heavy atom. The fourth-order valence-electron chi connectivity index (χ4n) is 1.27. The van der Waals surface area contributed by atoms with Gasteiger partial charge in [-0.15, -0.1) is 0 Å². The number of benzene rings is 1. The van der Waals surface area contributed by atoms with Gasteiger partial charge in [0.25, 0.3) is 5.91 Å². The van der Waals surface area contributed by atoms with Crippen LogP contribution in [0.25, 0.3) is 0 Å². The van der Waals surface area contributed by atoms with E-state index in [9.17, 15) is 14.3 Å². The van der Waals surface area contributed by atoms with Crippen molar-refractivity contribution in [3.05, 3.63) is 29.6 Å². The lowest BCUT2D eigenvalue weighted by Gasteiger charge is -2.17. The molecule has 0 saturated heterocycles. The van der Waals surface area contributed by atoms with E-state index in [0.29, 0.717) is 13.1 Å². The van der Waals surface area contributed by atoms with Crippen molar-refractivity contribution in [1.82, 2.24) is 10.2 Å². The molecule has 0 fully saturated rings. The molecule has 0 aliphatic rings. The monoisotopic (exact) mass is 226 g/mol. The Labute approximate surface area is 93.7 Å². The normalized spacial score (nSPS) is 10.2. The van der Waals surface area contributed by atoms with E-state index in [1.807, 2.05) is 0 Å². The average molecular weight is 226 g/mol. The summed E-state index contributed by atoms with van der Waals surface area (Å²) < 4.78 is 12.9. The number of carbonyl (C=O) groups is 1. The quantitative estimate of drug-likeness (QED) is 0.799. The Balaban J connectivity index is 2.83. The highest BCUT2D eigenvalue weighted by molar-refractivity contribution is 5.96. The average Bonchev–Trinajstić information content (AvgIpc) is 2.28. The SMILES string of the molecule is CNCCN(C)C(=O)c1cc(F)ccc1O. The second kappa shape index (κ2) is 5.46. The van der Waals surface area contributed by atoms with Crippen molar-refractivity contribution in [3.63, 3.8) is 0 Å². The van der Waals surface area contributed by atoms with Crippen molar-refractivity contribution in [2.24, 2.45) is 0 Å². The summed E-state index contributed by atoms with van der Waals surface area (Å²) in [7, 11) is 3.38. The molecule has 1 aromatic rings. The third kappa shape index (κ3) is 2.93. The van der Waals surface area contributed by atoms with E-state index in [-0.39, 0.29) is 11.3 Å². The van der Waals surface area contributed by atoms with Crippen molar-refractivity contribution < 1.29 is 14.3 Å². The third-order valence-corrected chi connectivity index (χ3v) is 2.23. The van der Waals surface area contributed by atoms with Crippen LogP contribution in [0.1, 0.15) is 10.4 Å². The molecular weight excluding hydrogens is 211 g/mol. The van der Waals surface area contributed by atoms with Crippen LogP contribution in [0.4, 0.5) is 4.39 Å². The van der Waals surface area contributed by atoms with Crippen molar-refractivity contribution >= 4 is 5.91 Å². The van der Waals surface area contributed by atoms with Gasteiger partial charge in [-0.1, -0.05) is 0 Å². The molecule has 2 N–H and O–H groups in total. The molecule has 1 rings (SSSR count). The smallest absolute Gasteiger partial charge is 0.257 e. The van der Waals surface area contributed by atoms with Gasteiger partial charge in [0, 0.05) is 20.1 Å². The largest absolute Gasteiger partial charge is 0.507 e. The highest BCUT2D eigenvalue weighted by Crippen LogP contribution is 2.19. The molecular formula is C11H15FN2O2. The number of nitrogens with zero attached hydrogens (tertiary/aromatic N) is 1. The number of rotatable bonds is 4. The number of halogens is 1. The number of hydrogen-bond donors (Lipinski definition) is 2. The number of nitrogens with one attached hydrogen (secondary N) is 1. The van der Waals surface area contributed by atoms with Gasteiger partial charge in [-0.25, -0.2) is 4.39 Å². The zero-order chi connectivity index (χ0) is 12.1. The summed E-state index contributed by atoms with van der Waals surface area (Å²) in [5.41, 5.74) is -0.0152. The van der Waals surface area contributed by atoms with Gasteiger partial charge in [0.1, 0.15) is 11.6 Å². The first-order valence-corrected chi connectivity index (χ1v) is 4.95. The number of hydrogen-bond acceptors (Lipinski definition) is 3. The summed E-state index contributed by atoms with van der Waals surface area (Å²) >= 11 is 0. The van der Waals surface area contributed by atoms with Gasteiger partial charge in [0.15, 0.2) is 0 Å². The van der Waals surface area contributed by atoms with Crippen LogP contribution in [0, 0.1) is 5.82 Å². The lowest BCUT2D eigenvalue weighted by Crippen LogP contribution is -2.32. The highest BCUT2D eigenvalue weighted by Gasteiger charge is 2.15. The molecule has 5 heteroatoms. The van der Waals surface area contributed by atoms with Crippen LogP contribution >= 0.6 is 0 Å². The van der Waals surface area contributed by atoms with E-state index >= 15 is 0 Å². The van der Waals surface area contributed by atoms with Crippen LogP contribution in [0.5, 0.6) is 5.75 Å². The van der Waals surface area contributed by atoms with Crippen LogP contribution in [-0.4, -0.2) is 43.1 Å². The second-order valence-electron chi connectivity index (χ2n) is 3.49. The maximum absolute atomic E-state index is 12.9. The van der Waals surface area contributed by atoms with Gasteiger partial charge < -0.3 is 15.3 Å². The minimum Gasteiger partial charge on any atom is -0.507 e. The van der Waals surface area contributed by atoms with Crippen molar-refractivity contribution in [2.45, 2.75) is 0 Å². The summed E-state index contributed by atoms with van der Waals surface area (Å²) in [5, 5.41) is 12.4. The minimum absolute atomic E-state index is 0.0152. The molecule has 0 radical (unpaired) electrons. The molecule has 0 spiro atoms. The van der Waals surface area contributed by atoms with Gasteiger partial charge >= 0.3 is 0 Å². The van der Waals surface area contributed by atoms with E-state index in [1.54, 1.807) is 14.1 Å². The van der Waals surface area contributed by atoms with Gasteiger partial charge in [0.05, 0.1) is 5.56 Å². The predicted octanol–water partition coefficient (Wildman–Crippen LogP) is 0.823. The molecule has 4 nitrogen and oxygen atoms in total. The number of amides is 1. The molecule has 0 aliphatic heterocycles. The van der Waals surface area contributed by atoms with Crippen LogP contribution in [-0.2, 0) is 0 Å². The molecule has 0 saturated carbocycles. The molecule has 0 bridgehead atoms. The van der Waals surface area contributed by atoms with E-state index in [2.05, 4.69) is 5.32 Å². The van der Waals surface area contributed by atoms with Gasteiger partial charge in [-0.05, 0) is 25.2 Å². The second-order valence-corrected chi connectivity index (χ2v) is 3.49. The fourth-order valence-corrected chi connectivity index (χ4v) is 1.27. The Bertz CT molecular complexity index is 382. The minimum atomic E-state index is -0.539. The number of phenolic OH excluding ortho intramolecular Hbond substituents is 1. The van der Waals surface area contributed by atoms with E-state index in [4.69, 9.17) is 0 Å². The van der Waals surface area contributed by atoms with Gasteiger partial charge in [-0.2, -0.15) is 0 Å². The van der Waals surface area contributed by atoms with Gasteiger partial charge in [-0.3, -0.25) is 4.79 Å². The van der Waals surface area contributed by atoms with Crippen molar-refractivity contribution in [1.29, 1.82) is 0 Å². The predicted molar refractivity (Wildman–Crippen MR) is 59.0 cm³/mol. The number of carbonyl (C=O) groups excluding carboxylic acids is 1. The molecule has 88 valence electrons. The van der Waals surface area contributed by atoms with Crippen LogP contribution < -0.4 is 5.32 Å². The van der Waals surface area contributed by atoms with Crippen molar-refractivity contribution in [2.75, 3.05) is 27.2 Å². The summed E-state index contributed by atoms with van der Waals surface area (Å²) in [4.78, 5) is 13.2. The summed E-state index contributed by atoms with van der Waals surface area (Å²) in [6.07, 6.45) is 0. The lowest BCUT2D eigenvalue weighted by molar-refractivity contribution is 0.0793. The lowest BCUT2D eigenvalue weighted by atomic mass is 10.1. The zero-order valence-electron chi connectivity index (χ0n) is 9.33. The zero-order valence-corrected chi connectivity index (χ0v) is 9.33.